The van der Waals surface area contributed by atoms with E-state index < -0.39 is 0 Å². The third kappa shape index (κ3) is 3.01. The molecule has 1 aromatic carbocycles. The van der Waals surface area contributed by atoms with Crippen LogP contribution in [0.1, 0.15) is 41.4 Å². The lowest BCUT2D eigenvalue weighted by atomic mass is 9.73. The van der Waals surface area contributed by atoms with Crippen LogP contribution in [-0.4, -0.2) is 28.2 Å². The van der Waals surface area contributed by atoms with Crippen molar-refractivity contribution in [1.82, 2.24) is 9.97 Å². The Hall–Kier alpha value is -1.69. The SMILES string of the molecule is Cc1cnc(CO)c(N2CCC3(CC2)Cc2ccccc2[C@@H]3N)n1.Cl. The fourth-order valence-corrected chi connectivity index (χ4v) is 4.32. The first kappa shape index (κ1) is 18.1. The van der Waals surface area contributed by atoms with Crippen molar-refractivity contribution in [2.45, 2.75) is 38.8 Å². The van der Waals surface area contributed by atoms with Gasteiger partial charge >= 0.3 is 0 Å². The molecule has 1 atom stereocenters. The summed E-state index contributed by atoms with van der Waals surface area (Å²) in [6, 6.07) is 8.71. The molecule has 0 radical (unpaired) electrons. The van der Waals surface area contributed by atoms with E-state index in [1.807, 2.05) is 6.92 Å². The van der Waals surface area contributed by atoms with Crippen molar-refractivity contribution in [1.29, 1.82) is 0 Å². The Morgan fingerprint density at radius 3 is 2.68 bits per heavy atom. The predicted octanol–water partition coefficient (Wildman–Crippen LogP) is 2.54. The molecule has 2 aliphatic rings. The van der Waals surface area contributed by atoms with Crippen LogP contribution >= 0.6 is 12.4 Å². The van der Waals surface area contributed by atoms with E-state index in [1.165, 1.54) is 11.1 Å². The van der Waals surface area contributed by atoms with Gasteiger partial charge in [0, 0.05) is 25.3 Å². The normalized spacial score (nSPS) is 21.1. The maximum atomic E-state index is 9.56. The number of aromatic nitrogens is 2. The standard InChI is InChI=1S/C19H24N4O.ClH/c1-13-11-21-16(12-24)18(22-13)23-8-6-19(7-9-23)10-14-4-2-3-5-15(14)17(19)20;/h2-5,11,17,24H,6-10,12,20H2,1H3;1H/t17-;/m0./s1. The minimum atomic E-state index is -0.0742. The Morgan fingerprint density at radius 1 is 1.28 bits per heavy atom. The lowest BCUT2D eigenvalue weighted by molar-refractivity contribution is 0.186. The maximum Gasteiger partial charge on any atom is 0.153 e. The number of aryl methyl sites for hydroxylation is 1. The Kier molecular flexibility index (Phi) is 5.00. The minimum absolute atomic E-state index is 0. The fourth-order valence-electron chi connectivity index (χ4n) is 4.32. The molecule has 0 bridgehead atoms. The molecule has 1 spiro atoms. The van der Waals surface area contributed by atoms with E-state index in [9.17, 15) is 5.11 Å². The first-order chi connectivity index (χ1) is 11.6. The topological polar surface area (TPSA) is 75.3 Å². The number of nitrogens with zero attached hydrogens (tertiary/aromatic N) is 3. The summed E-state index contributed by atoms with van der Waals surface area (Å²) in [7, 11) is 0. The number of hydrogen-bond acceptors (Lipinski definition) is 5. The predicted molar refractivity (Wildman–Crippen MR) is 101 cm³/mol. The Bertz CT molecular complexity index is 759. The van der Waals surface area contributed by atoms with Gasteiger partial charge in [-0.15, -0.1) is 12.4 Å². The van der Waals surface area contributed by atoms with Gasteiger partial charge in [-0.05, 0) is 42.7 Å². The number of rotatable bonds is 2. The summed E-state index contributed by atoms with van der Waals surface area (Å²) in [5.41, 5.74) is 11.1. The lowest BCUT2D eigenvalue weighted by Gasteiger charge is -2.43. The van der Waals surface area contributed by atoms with Gasteiger partial charge in [-0.2, -0.15) is 0 Å². The van der Waals surface area contributed by atoms with Gasteiger partial charge in [0.25, 0.3) is 0 Å². The number of fused-ring (bicyclic) bond motifs is 1. The van der Waals surface area contributed by atoms with E-state index >= 15 is 0 Å². The summed E-state index contributed by atoms with van der Waals surface area (Å²) in [6.45, 7) is 3.68. The molecule has 1 fully saturated rings. The summed E-state index contributed by atoms with van der Waals surface area (Å²) in [5, 5.41) is 9.56. The van der Waals surface area contributed by atoms with Crippen molar-refractivity contribution in [3.63, 3.8) is 0 Å². The van der Waals surface area contributed by atoms with Gasteiger partial charge in [0.2, 0.25) is 0 Å². The first-order valence-electron chi connectivity index (χ1n) is 8.65. The molecular formula is C19H25ClN4O. The monoisotopic (exact) mass is 360 g/mol. The third-order valence-corrected chi connectivity index (χ3v) is 5.75. The highest BCUT2D eigenvalue weighted by Gasteiger charge is 2.46. The van der Waals surface area contributed by atoms with Gasteiger partial charge in [-0.1, -0.05) is 24.3 Å². The molecule has 6 heteroatoms. The van der Waals surface area contributed by atoms with Gasteiger partial charge in [-0.25, -0.2) is 4.98 Å². The quantitative estimate of drug-likeness (QED) is 0.860. The molecule has 0 amide bonds. The zero-order chi connectivity index (χ0) is 16.7. The number of aliphatic hydroxyl groups excluding tert-OH is 1. The second-order valence-electron chi connectivity index (χ2n) is 7.14. The average molecular weight is 361 g/mol. The molecule has 2 aromatic rings. The summed E-state index contributed by atoms with van der Waals surface area (Å²) >= 11 is 0. The largest absolute Gasteiger partial charge is 0.390 e. The van der Waals surface area contributed by atoms with Crippen LogP contribution in [0, 0.1) is 12.3 Å². The maximum absolute atomic E-state index is 9.56. The van der Waals surface area contributed by atoms with Crippen LogP contribution in [0.25, 0.3) is 0 Å². The average Bonchev–Trinajstić information content (AvgIpc) is 2.88. The van der Waals surface area contributed by atoms with Gasteiger partial charge in [0.05, 0.1) is 12.3 Å². The molecule has 0 saturated carbocycles. The van der Waals surface area contributed by atoms with Crippen molar-refractivity contribution in [3.05, 3.63) is 53.0 Å². The van der Waals surface area contributed by atoms with E-state index in [4.69, 9.17) is 5.73 Å². The second-order valence-corrected chi connectivity index (χ2v) is 7.14. The van der Waals surface area contributed by atoms with Gasteiger partial charge < -0.3 is 15.7 Å². The zero-order valence-corrected chi connectivity index (χ0v) is 15.3. The van der Waals surface area contributed by atoms with Crippen LogP contribution < -0.4 is 10.6 Å². The van der Waals surface area contributed by atoms with Gasteiger partial charge in [0.15, 0.2) is 5.82 Å². The van der Waals surface area contributed by atoms with Crippen molar-refractivity contribution in [3.8, 4) is 0 Å². The van der Waals surface area contributed by atoms with E-state index in [-0.39, 0.29) is 30.5 Å². The molecule has 25 heavy (non-hydrogen) atoms. The van der Waals surface area contributed by atoms with E-state index in [0.717, 1.165) is 43.9 Å². The lowest BCUT2D eigenvalue weighted by Crippen LogP contribution is -2.45. The molecule has 1 aliphatic heterocycles. The van der Waals surface area contributed by atoms with Crippen LogP contribution in [0.15, 0.2) is 30.5 Å². The number of halogens is 1. The van der Waals surface area contributed by atoms with E-state index in [0.29, 0.717) is 5.69 Å². The fraction of sp³-hybridized carbons (Fsp3) is 0.474. The van der Waals surface area contributed by atoms with Gasteiger partial charge in [-0.3, -0.25) is 4.98 Å². The molecule has 1 saturated heterocycles. The van der Waals surface area contributed by atoms with Crippen molar-refractivity contribution < 1.29 is 5.11 Å². The number of benzene rings is 1. The molecule has 0 unspecified atom stereocenters. The first-order valence-corrected chi connectivity index (χ1v) is 8.65. The van der Waals surface area contributed by atoms with Crippen molar-refractivity contribution in [2.24, 2.45) is 11.1 Å². The Morgan fingerprint density at radius 2 is 2.00 bits per heavy atom. The number of anilines is 1. The van der Waals surface area contributed by atoms with Crippen LogP contribution in [-0.2, 0) is 13.0 Å². The number of hydrogen-bond donors (Lipinski definition) is 2. The van der Waals surface area contributed by atoms with Crippen molar-refractivity contribution >= 4 is 18.2 Å². The summed E-state index contributed by atoms with van der Waals surface area (Å²) in [5.74, 6) is 0.830. The Balaban J connectivity index is 0.00000182. The smallest absolute Gasteiger partial charge is 0.153 e. The van der Waals surface area contributed by atoms with Crippen LogP contribution in [0.5, 0.6) is 0 Å². The highest BCUT2D eigenvalue weighted by Crippen LogP contribution is 2.50. The molecule has 1 aromatic heterocycles. The highest BCUT2D eigenvalue weighted by molar-refractivity contribution is 5.85. The highest BCUT2D eigenvalue weighted by atomic mass is 35.5. The minimum Gasteiger partial charge on any atom is -0.390 e. The molecule has 5 nitrogen and oxygen atoms in total. The third-order valence-electron chi connectivity index (χ3n) is 5.75. The molecule has 2 heterocycles. The van der Waals surface area contributed by atoms with Crippen LogP contribution in [0.2, 0.25) is 0 Å². The number of piperidine rings is 1. The van der Waals surface area contributed by atoms with Crippen molar-refractivity contribution in [2.75, 3.05) is 18.0 Å². The van der Waals surface area contributed by atoms with Crippen LogP contribution in [0.4, 0.5) is 5.82 Å². The summed E-state index contributed by atoms with van der Waals surface area (Å²) in [6.07, 6.45) is 4.88. The molecule has 1 aliphatic carbocycles. The van der Waals surface area contributed by atoms with Gasteiger partial charge in [0.1, 0.15) is 5.69 Å². The van der Waals surface area contributed by atoms with E-state index in [1.54, 1.807) is 6.20 Å². The molecule has 3 N–H and O–H groups in total. The Labute approximate surface area is 154 Å². The molecular weight excluding hydrogens is 336 g/mol. The number of nitrogens with two attached hydrogens (primary N) is 1. The second kappa shape index (κ2) is 6.90. The van der Waals surface area contributed by atoms with E-state index in [2.05, 4.69) is 39.1 Å². The number of aliphatic hydroxyl groups is 1. The zero-order valence-electron chi connectivity index (χ0n) is 14.5. The summed E-state index contributed by atoms with van der Waals surface area (Å²) in [4.78, 5) is 11.2. The van der Waals surface area contributed by atoms with Crippen LogP contribution in [0.3, 0.4) is 0 Å². The summed E-state index contributed by atoms with van der Waals surface area (Å²) < 4.78 is 0. The molecule has 134 valence electrons. The molecule has 4 rings (SSSR count).